The number of rotatable bonds is 6. The number of hydrogen-bond acceptors (Lipinski definition) is 2. The molecule has 0 aliphatic heterocycles. The van der Waals surface area contributed by atoms with Crippen LogP contribution < -0.4 is 5.32 Å². The molecular formula is C16H19NO2. The predicted molar refractivity (Wildman–Crippen MR) is 77.5 cm³/mol. The van der Waals surface area contributed by atoms with E-state index < -0.39 is 5.97 Å². The van der Waals surface area contributed by atoms with E-state index >= 15 is 0 Å². The van der Waals surface area contributed by atoms with Gasteiger partial charge in [0, 0.05) is 6.54 Å². The Hall–Kier alpha value is -1.87. The summed E-state index contributed by atoms with van der Waals surface area (Å²) in [5, 5.41) is 14.2. The van der Waals surface area contributed by atoms with Crippen LogP contribution in [0.5, 0.6) is 0 Å². The quantitative estimate of drug-likeness (QED) is 0.782. The van der Waals surface area contributed by atoms with Crippen LogP contribution in [0.4, 0.5) is 0 Å². The summed E-state index contributed by atoms with van der Waals surface area (Å²) in [6.45, 7) is 3.44. The average molecular weight is 257 g/mol. The summed E-state index contributed by atoms with van der Waals surface area (Å²) in [5.41, 5.74) is 2.55. The highest BCUT2D eigenvalue weighted by molar-refractivity contribution is 5.83. The van der Waals surface area contributed by atoms with E-state index in [1.807, 2.05) is 0 Å². The van der Waals surface area contributed by atoms with Crippen molar-refractivity contribution in [2.24, 2.45) is 0 Å². The van der Waals surface area contributed by atoms with Crippen LogP contribution in [0.2, 0.25) is 0 Å². The third kappa shape index (κ3) is 4.07. The fourth-order valence-electron chi connectivity index (χ4n) is 2.12. The van der Waals surface area contributed by atoms with E-state index in [0.717, 1.165) is 13.0 Å². The maximum absolute atomic E-state index is 10.4. The van der Waals surface area contributed by atoms with Crippen molar-refractivity contribution in [1.29, 1.82) is 0 Å². The fraction of sp³-hybridized carbons (Fsp3) is 0.312. The molecular weight excluding hydrogens is 238 g/mol. The number of carboxylic acid groups (broad SMARTS) is 1. The van der Waals surface area contributed by atoms with Gasteiger partial charge in [0.05, 0.1) is 6.42 Å². The maximum atomic E-state index is 10.4. The van der Waals surface area contributed by atoms with Crippen LogP contribution in [-0.2, 0) is 11.2 Å². The number of carbonyl (C=O) groups is 1. The van der Waals surface area contributed by atoms with Crippen molar-refractivity contribution < 1.29 is 9.90 Å². The van der Waals surface area contributed by atoms with Crippen LogP contribution >= 0.6 is 0 Å². The minimum Gasteiger partial charge on any atom is -0.481 e. The number of hydrogen-bond donors (Lipinski definition) is 2. The van der Waals surface area contributed by atoms with Crippen molar-refractivity contribution in [2.45, 2.75) is 19.8 Å². The first-order chi connectivity index (χ1) is 9.15. The lowest BCUT2D eigenvalue weighted by Crippen LogP contribution is -2.20. The van der Waals surface area contributed by atoms with Crippen LogP contribution in [0.1, 0.15) is 17.5 Å². The summed E-state index contributed by atoms with van der Waals surface area (Å²) in [6, 6.07) is 12.9. The van der Waals surface area contributed by atoms with Gasteiger partial charge in [0.1, 0.15) is 0 Å². The highest BCUT2D eigenvalue weighted by Gasteiger charge is 1.99. The molecule has 0 radical (unpaired) electrons. The van der Waals surface area contributed by atoms with E-state index in [0.29, 0.717) is 6.54 Å². The molecule has 0 saturated carbocycles. The van der Waals surface area contributed by atoms with Gasteiger partial charge >= 0.3 is 5.97 Å². The summed E-state index contributed by atoms with van der Waals surface area (Å²) in [4.78, 5) is 10.4. The van der Waals surface area contributed by atoms with E-state index in [9.17, 15) is 4.79 Å². The molecule has 2 N–H and O–H groups in total. The SMILES string of the molecule is Cc1ccc2cc(CCNCCC(=O)O)ccc2c1. The Morgan fingerprint density at radius 3 is 2.63 bits per heavy atom. The second kappa shape index (κ2) is 6.34. The van der Waals surface area contributed by atoms with Crippen LogP contribution in [-0.4, -0.2) is 24.2 Å². The van der Waals surface area contributed by atoms with Crippen LogP contribution in [0.25, 0.3) is 10.8 Å². The van der Waals surface area contributed by atoms with Gasteiger partial charge in [-0.05, 0) is 36.2 Å². The smallest absolute Gasteiger partial charge is 0.304 e. The summed E-state index contributed by atoms with van der Waals surface area (Å²) >= 11 is 0. The Kier molecular flexibility index (Phi) is 4.53. The molecule has 0 bridgehead atoms. The van der Waals surface area contributed by atoms with Crippen molar-refractivity contribution in [3.8, 4) is 0 Å². The second-order valence-electron chi connectivity index (χ2n) is 4.83. The molecule has 2 rings (SSSR count). The van der Waals surface area contributed by atoms with Gasteiger partial charge < -0.3 is 10.4 Å². The van der Waals surface area contributed by atoms with Gasteiger partial charge in [0.25, 0.3) is 0 Å². The van der Waals surface area contributed by atoms with E-state index in [-0.39, 0.29) is 6.42 Å². The predicted octanol–water partition coefficient (Wildman–Crippen LogP) is 2.76. The van der Waals surface area contributed by atoms with E-state index in [1.54, 1.807) is 0 Å². The summed E-state index contributed by atoms with van der Waals surface area (Å²) in [5.74, 6) is -0.756. The summed E-state index contributed by atoms with van der Waals surface area (Å²) in [7, 11) is 0. The monoisotopic (exact) mass is 257 g/mol. The number of nitrogens with one attached hydrogen (secondary N) is 1. The zero-order chi connectivity index (χ0) is 13.7. The van der Waals surface area contributed by atoms with E-state index in [1.165, 1.54) is 21.9 Å². The van der Waals surface area contributed by atoms with Gasteiger partial charge in [-0.3, -0.25) is 4.79 Å². The minimum atomic E-state index is -0.756. The first-order valence-electron chi connectivity index (χ1n) is 6.57. The lowest BCUT2D eigenvalue weighted by Gasteiger charge is -2.06. The molecule has 0 spiro atoms. The van der Waals surface area contributed by atoms with Crippen molar-refractivity contribution in [3.05, 3.63) is 47.5 Å². The molecule has 19 heavy (non-hydrogen) atoms. The molecule has 0 heterocycles. The average Bonchev–Trinajstić information content (AvgIpc) is 2.38. The van der Waals surface area contributed by atoms with Gasteiger partial charge in [-0.2, -0.15) is 0 Å². The number of aryl methyl sites for hydroxylation is 1. The Balaban J connectivity index is 1.91. The number of aliphatic carboxylic acids is 1. The molecule has 2 aromatic carbocycles. The Morgan fingerprint density at radius 2 is 1.84 bits per heavy atom. The normalized spacial score (nSPS) is 10.8. The molecule has 2 aromatic rings. The Labute approximate surface area is 113 Å². The molecule has 0 aliphatic carbocycles. The van der Waals surface area contributed by atoms with Gasteiger partial charge in [0.15, 0.2) is 0 Å². The molecule has 3 nitrogen and oxygen atoms in total. The molecule has 0 aliphatic rings. The molecule has 0 unspecified atom stereocenters. The first kappa shape index (κ1) is 13.6. The van der Waals surface area contributed by atoms with Gasteiger partial charge in [-0.15, -0.1) is 0 Å². The molecule has 0 aromatic heterocycles. The maximum Gasteiger partial charge on any atom is 0.304 e. The highest BCUT2D eigenvalue weighted by atomic mass is 16.4. The highest BCUT2D eigenvalue weighted by Crippen LogP contribution is 2.17. The van der Waals surface area contributed by atoms with Crippen molar-refractivity contribution in [2.75, 3.05) is 13.1 Å². The number of fused-ring (bicyclic) bond motifs is 1. The Bertz CT molecular complexity index is 578. The number of benzene rings is 2. The molecule has 0 atom stereocenters. The lowest BCUT2D eigenvalue weighted by atomic mass is 10.0. The van der Waals surface area contributed by atoms with Gasteiger partial charge in [-0.1, -0.05) is 42.0 Å². The zero-order valence-corrected chi connectivity index (χ0v) is 11.1. The minimum absolute atomic E-state index is 0.178. The van der Waals surface area contributed by atoms with Crippen molar-refractivity contribution in [1.82, 2.24) is 5.32 Å². The molecule has 0 saturated heterocycles. The Morgan fingerprint density at radius 1 is 1.11 bits per heavy atom. The van der Waals surface area contributed by atoms with Gasteiger partial charge in [0.2, 0.25) is 0 Å². The van der Waals surface area contributed by atoms with Crippen LogP contribution in [0.3, 0.4) is 0 Å². The molecule has 3 heteroatoms. The summed E-state index contributed by atoms with van der Waals surface area (Å²) in [6.07, 6.45) is 1.10. The third-order valence-corrected chi connectivity index (χ3v) is 3.17. The molecule has 100 valence electrons. The van der Waals surface area contributed by atoms with Gasteiger partial charge in [-0.25, -0.2) is 0 Å². The van der Waals surface area contributed by atoms with Crippen LogP contribution in [0.15, 0.2) is 36.4 Å². The van der Waals surface area contributed by atoms with E-state index in [2.05, 4.69) is 48.6 Å². The molecule has 0 amide bonds. The summed E-state index contributed by atoms with van der Waals surface area (Å²) < 4.78 is 0. The fourth-order valence-corrected chi connectivity index (χ4v) is 2.12. The number of carboxylic acids is 1. The standard InChI is InChI=1S/C16H19NO2/c1-12-2-4-15-11-13(3-5-14(15)10-12)6-8-17-9-7-16(18)19/h2-5,10-11,17H,6-9H2,1H3,(H,18,19). The lowest BCUT2D eigenvalue weighted by molar-refractivity contribution is -0.136. The van der Waals surface area contributed by atoms with Crippen LogP contribution in [0, 0.1) is 6.92 Å². The zero-order valence-electron chi connectivity index (χ0n) is 11.1. The van der Waals surface area contributed by atoms with Crippen molar-refractivity contribution >= 4 is 16.7 Å². The second-order valence-corrected chi connectivity index (χ2v) is 4.83. The topological polar surface area (TPSA) is 49.3 Å². The largest absolute Gasteiger partial charge is 0.481 e. The third-order valence-electron chi connectivity index (χ3n) is 3.17. The van der Waals surface area contributed by atoms with Crippen molar-refractivity contribution in [3.63, 3.8) is 0 Å². The van der Waals surface area contributed by atoms with E-state index in [4.69, 9.17) is 5.11 Å². The molecule has 0 fully saturated rings. The first-order valence-corrected chi connectivity index (χ1v) is 6.57.